The van der Waals surface area contributed by atoms with Crippen molar-refractivity contribution in [2.24, 2.45) is 7.05 Å². The van der Waals surface area contributed by atoms with Gasteiger partial charge in [0.15, 0.2) is 0 Å². The molecule has 0 N–H and O–H groups in total. The second-order valence-electron chi connectivity index (χ2n) is 5.03. The third kappa shape index (κ3) is 2.73. The zero-order chi connectivity index (χ0) is 14.1. The van der Waals surface area contributed by atoms with E-state index in [4.69, 9.17) is 0 Å². The number of piperidine rings is 1. The highest BCUT2D eigenvalue weighted by atomic mass is 127. The Morgan fingerprint density at radius 3 is 3.05 bits per heavy atom. The normalized spacial score (nSPS) is 19.3. The maximum absolute atomic E-state index is 12.5. The van der Waals surface area contributed by atoms with Crippen molar-refractivity contribution in [1.82, 2.24) is 19.7 Å². The van der Waals surface area contributed by atoms with Gasteiger partial charge in [-0.05, 0) is 41.5 Å². The van der Waals surface area contributed by atoms with Crippen molar-refractivity contribution in [2.45, 2.75) is 18.8 Å². The number of amides is 1. The minimum atomic E-state index is 0.135. The van der Waals surface area contributed by atoms with Crippen LogP contribution in [0.2, 0.25) is 0 Å². The highest BCUT2D eigenvalue weighted by Crippen LogP contribution is 2.27. The average molecular weight is 402 g/mol. The van der Waals surface area contributed by atoms with Crippen LogP contribution in [0.1, 0.15) is 34.9 Å². The Hall–Kier alpha value is -0.960. The number of nitrogens with zero attached hydrogens (tertiary/aromatic N) is 4. The van der Waals surface area contributed by atoms with Crippen molar-refractivity contribution >= 4 is 39.8 Å². The summed E-state index contributed by atoms with van der Waals surface area (Å²) in [6.07, 6.45) is 3.80. The molecule has 0 bridgehead atoms. The Kier molecular flexibility index (Phi) is 4.06. The second kappa shape index (κ2) is 5.80. The minimum absolute atomic E-state index is 0.135. The molecular weight excluding hydrogens is 387 g/mol. The zero-order valence-electron chi connectivity index (χ0n) is 11.1. The molecule has 0 aliphatic carbocycles. The third-order valence-electron chi connectivity index (χ3n) is 3.63. The van der Waals surface area contributed by atoms with Gasteiger partial charge in [-0.2, -0.15) is 0 Å². The molecule has 1 unspecified atom stereocenters. The Morgan fingerprint density at radius 2 is 2.40 bits per heavy atom. The molecule has 2 aromatic heterocycles. The number of carbonyl (C=O) groups is 1. The minimum Gasteiger partial charge on any atom is -0.338 e. The van der Waals surface area contributed by atoms with Gasteiger partial charge in [0, 0.05) is 31.4 Å². The third-order valence-corrected chi connectivity index (χ3v) is 5.42. The fourth-order valence-corrected chi connectivity index (χ4v) is 3.96. The van der Waals surface area contributed by atoms with Gasteiger partial charge in [-0.15, -0.1) is 21.5 Å². The van der Waals surface area contributed by atoms with E-state index in [0.717, 1.165) is 40.2 Å². The first-order valence-corrected chi connectivity index (χ1v) is 8.48. The molecule has 2 aromatic rings. The maximum atomic E-state index is 12.5. The van der Waals surface area contributed by atoms with E-state index in [1.54, 1.807) is 17.7 Å². The second-order valence-corrected chi connectivity index (χ2v) is 7.84. The lowest BCUT2D eigenvalue weighted by molar-refractivity contribution is 0.0704. The van der Waals surface area contributed by atoms with Gasteiger partial charge in [-0.3, -0.25) is 4.79 Å². The number of halogens is 1. The van der Waals surface area contributed by atoms with E-state index in [9.17, 15) is 4.79 Å². The highest BCUT2D eigenvalue weighted by molar-refractivity contribution is 14.1. The quantitative estimate of drug-likeness (QED) is 0.726. The molecule has 106 valence electrons. The molecule has 3 rings (SSSR count). The molecule has 1 fully saturated rings. The van der Waals surface area contributed by atoms with Gasteiger partial charge < -0.3 is 9.47 Å². The monoisotopic (exact) mass is 402 g/mol. The summed E-state index contributed by atoms with van der Waals surface area (Å²) in [5, 5.41) is 10.1. The molecule has 0 spiro atoms. The van der Waals surface area contributed by atoms with Crippen LogP contribution in [0.25, 0.3) is 0 Å². The summed E-state index contributed by atoms with van der Waals surface area (Å²) in [5.41, 5.74) is 0.804. The summed E-state index contributed by atoms with van der Waals surface area (Å²) >= 11 is 3.86. The fourth-order valence-electron chi connectivity index (χ4n) is 2.64. The van der Waals surface area contributed by atoms with E-state index < -0.39 is 0 Å². The Bertz CT molecular complexity index is 623. The summed E-state index contributed by atoms with van der Waals surface area (Å²) in [7, 11) is 1.96. The van der Waals surface area contributed by atoms with Gasteiger partial charge in [-0.25, -0.2) is 0 Å². The molecule has 1 atom stereocenters. The van der Waals surface area contributed by atoms with Crippen LogP contribution in [-0.2, 0) is 7.05 Å². The van der Waals surface area contributed by atoms with Crippen molar-refractivity contribution in [3.8, 4) is 0 Å². The Balaban J connectivity index is 1.75. The first kappa shape index (κ1) is 14.0. The van der Waals surface area contributed by atoms with Crippen molar-refractivity contribution in [3.05, 3.63) is 32.0 Å². The van der Waals surface area contributed by atoms with Gasteiger partial charge in [-0.1, -0.05) is 0 Å². The first-order chi connectivity index (χ1) is 9.65. The molecule has 0 saturated carbocycles. The lowest BCUT2D eigenvalue weighted by atomic mass is 9.96. The predicted octanol–water partition coefficient (Wildman–Crippen LogP) is 2.50. The molecule has 0 aromatic carbocycles. The van der Waals surface area contributed by atoms with Crippen LogP contribution in [0.5, 0.6) is 0 Å². The summed E-state index contributed by atoms with van der Waals surface area (Å²) in [5.74, 6) is 1.40. The summed E-state index contributed by atoms with van der Waals surface area (Å²) in [6, 6.07) is 1.96. The molecule has 5 nitrogen and oxygen atoms in total. The average Bonchev–Trinajstić information content (AvgIpc) is 3.07. The molecule has 1 aliphatic heterocycles. The zero-order valence-corrected chi connectivity index (χ0v) is 14.1. The lowest BCUT2D eigenvalue weighted by Gasteiger charge is -2.32. The van der Waals surface area contributed by atoms with Gasteiger partial charge in [0.05, 0.1) is 8.45 Å². The van der Waals surface area contributed by atoms with Crippen LogP contribution in [0, 0.1) is 2.88 Å². The molecule has 1 aliphatic rings. The number of thiophene rings is 1. The van der Waals surface area contributed by atoms with E-state index in [-0.39, 0.29) is 11.8 Å². The summed E-state index contributed by atoms with van der Waals surface area (Å²) in [4.78, 5) is 14.4. The summed E-state index contributed by atoms with van der Waals surface area (Å²) < 4.78 is 3.10. The van der Waals surface area contributed by atoms with Crippen molar-refractivity contribution in [3.63, 3.8) is 0 Å². The van der Waals surface area contributed by atoms with Crippen molar-refractivity contribution < 1.29 is 4.79 Å². The first-order valence-electron chi connectivity index (χ1n) is 6.52. The topological polar surface area (TPSA) is 51.0 Å². The van der Waals surface area contributed by atoms with Gasteiger partial charge in [0.2, 0.25) is 0 Å². The number of hydrogen-bond acceptors (Lipinski definition) is 4. The predicted molar refractivity (Wildman–Crippen MR) is 85.9 cm³/mol. The lowest BCUT2D eigenvalue weighted by Crippen LogP contribution is -2.39. The number of carbonyl (C=O) groups excluding carboxylic acids is 1. The van der Waals surface area contributed by atoms with E-state index >= 15 is 0 Å². The standard InChI is InChI=1S/C13H15IN4OS/c1-17-8-15-16-12(17)9-3-2-4-18(6-9)13(19)10-5-11(14)20-7-10/h5,7-9H,2-4,6H2,1H3. The Morgan fingerprint density at radius 1 is 1.55 bits per heavy atom. The smallest absolute Gasteiger partial charge is 0.254 e. The highest BCUT2D eigenvalue weighted by Gasteiger charge is 2.28. The molecule has 7 heteroatoms. The Labute approximate surface area is 135 Å². The molecule has 3 heterocycles. The van der Waals surface area contributed by atoms with Crippen LogP contribution in [0.4, 0.5) is 0 Å². The van der Waals surface area contributed by atoms with E-state index in [1.165, 1.54) is 0 Å². The number of hydrogen-bond donors (Lipinski definition) is 0. The maximum Gasteiger partial charge on any atom is 0.254 e. The fraction of sp³-hybridized carbons (Fsp3) is 0.462. The van der Waals surface area contributed by atoms with E-state index in [0.29, 0.717) is 0 Å². The van der Waals surface area contributed by atoms with Crippen LogP contribution in [0.15, 0.2) is 17.8 Å². The van der Waals surface area contributed by atoms with E-state index in [1.807, 2.05) is 28.0 Å². The van der Waals surface area contributed by atoms with Crippen LogP contribution in [-0.4, -0.2) is 38.7 Å². The molecule has 1 saturated heterocycles. The molecular formula is C13H15IN4OS. The SMILES string of the molecule is Cn1cnnc1C1CCCN(C(=O)c2csc(I)c2)C1. The largest absolute Gasteiger partial charge is 0.338 e. The van der Waals surface area contributed by atoms with Crippen LogP contribution < -0.4 is 0 Å². The van der Waals surface area contributed by atoms with Crippen molar-refractivity contribution in [1.29, 1.82) is 0 Å². The van der Waals surface area contributed by atoms with Crippen molar-refractivity contribution in [2.75, 3.05) is 13.1 Å². The number of aromatic nitrogens is 3. The number of aryl methyl sites for hydroxylation is 1. The van der Waals surface area contributed by atoms with Crippen LogP contribution in [0.3, 0.4) is 0 Å². The van der Waals surface area contributed by atoms with Gasteiger partial charge in [0.1, 0.15) is 12.2 Å². The van der Waals surface area contributed by atoms with Crippen LogP contribution >= 0.6 is 33.9 Å². The molecule has 20 heavy (non-hydrogen) atoms. The van der Waals surface area contributed by atoms with E-state index in [2.05, 4.69) is 32.8 Å². The van der Waals surface area contributed by atoms with Gasteiger partial charge >= 0.3 is 0 Å². The molecule has 0 radical (unpaired) electrons. The number of rotatable bonds is 2. The van der Waals surface area contributed by atoms with Gasteiger partial charge in [0.25, 0.3) is 5.91 Å². The molecule has 1 amide bonds. The summed E-state index contributed by atoms with van der Waals surface area (Å²) in [6.45, 7) is 1.57. The number of likely N-dealkylation sites (tertiary alicyclic amines) is 1.